The Balaban J connectivity index is 3.70. The number of amides is 1. The van der Waals surface area contributed by atoms with Crippen LogP contribution in [0.3, 0.4) is 0 Å². The van der Waals surface area contributed by atoms with Crippen LogP contribution in [-0.4, -0.2) is 30.6 Å². The third-order valence-electron chi connectivity index (χ3n) is 1.06. The predicted octanol–water partition coefficient (Wildman–Crippen LogP) is 0.0373. The van der Waals surface area contributed by atoms with Gasteiger partial charge in [0.05, 0.1) is 6.04 Å². The summed E-state index contributed by atoms with van der Waals surface area (Å²) in [6.45, 7) is 5.36. The number of aldehydes is 1. The van der Waals surface area contributed by atoms with Gasteiger partial charge in [0.2, 0.25) is 0 Å². The van der Waals surface area contributed by atoms with Crippen LogP contribution >= 0.6 is 0 Å². The molecule has 0 unspecified atom stereocenters. The van der Waals surface area contributed by atoms with Crippen LogP contribution in [0.4, 0.5) is 4.79 Å². The van der Waals surface area contributed by atoms with Crippen LogP contribution < -0.4 is 11.1 Å². The third kappa shape index (κ3) is 7.27. The lowest BCUT2D eigenvalue weighted by atomic mass is 10.2. The molecule has 0 spiro atoms. The maximum absolute atomic E-state index is 11.0. The molecule has 0 heterocycles. The van der Waals surface area contributed by atoms with E-state index in [0.717, 1.165) is 0 Å². The Morgan fingerprint density at radius 3 is 2.54 bits per heavy atom. The minimum Gasteiger partial charge on any atom is -0.444 e. The van der Waals surface area contributed by atoms with Crippen molar-refractivity contribution in [1.29, 1.82) is 0 Å². The maximum Gasteiger partial charge on any atom is 0.407 e. The Kier molecular flexibility index (Phi) is 4.40. The van der Waals surface area contributed by atoms with Crippen LogP contribution in [0.5, 0.6) is 0 Å². The highest BCUT2D eigenvalue weighted by molar-refractivity contribution is 5.68. The van der Waals surface area contributed by atoms with Crippen molar-refractivity contribution in [2.45, 2.75) is 32.4 Å². The summed E-state index contributed by atoms with van der Waals surface area (Å²) in [6, 6.07) is -0.674. The third-order valence-corrected chi connectivity index (χ3v) is 1.06. The van der Waals surface area contributed by atoms with Gasteiger partial charge in [-0.15, -0.1) is 0 Å². The summed E-state index contributed by atoms with van der Waals surface area (Å²) >= 11 is 0. The first kappa shape index (κ1) is 11.9. The van der Waals surface area contributed by atoms with Crippen molar-refractivity contribution in [3.8, 4) is 0 Å². The van der Waals surface area contributed by atoms with Gasteiger partial charge in [-0.2, -0.15) is 0 Å². The molecule has 0 aliphatic rings. The van der Waals surface area contributed by atoms with Crippen molar-refractivity contribution in [1.82, 2.24) is 5.32 Å². The molecule has 0 fully saturated rings. The fraction of sp³-hybridized carbons (Fsp3) is 0.750. The summed E-state index contributed by atoms with van der Waals surface area (Å²) < 4.78 is 4.91. The number of hydrogen-bond donors (Lipinski definition) is 2. The van der Waals surface area contributed by atoms with Crippen LogP contribution in [0.15, 0.2) is 0 Å². The molecule has 76 valence electrons. The highest BCUT2D eigenvalue weighted by atomic mass is 16.6. The zero-order chi connectivity index (χ0) is 10.5. The number of ether oxygens (including phenoxy) is 1. The lowest BCUT2D eigenvalue weighted by Gasteiger charge is -2.19. The van der Waals surface area contributed by atoms with Gasteiger partial charge in [0.25, 0.3) is 0 Å². The minimum absolute atomic E-state index is 0.0956. The van der Waals surface area contributed by atoms with Crippen LogP contribution in [0.1, 0.15) is 20.8 Å². The number of alkyl carbamates (subject to hydrolysis) is 1. The Hall–Kier alpha value is -1.10. The van der Waals surface area contributed by atoms with E-state index in [2.05, 4.69) is 5.32 Å². The standard InChI is InChI=1S/C8H16N2O3/c1-8(2,3)13-7(12)10-4-6(9)5-11/h5-6H,4,9H2,1-3H3,(H,10,12)/t6-/m0/s1. The van der Waals surface area contributed by atoms with Crippen LogP contribution in [-0.2, 0) is 9.53 Å². The Morgan fingerprint density at radius 2 is 2.15 bits per heavy atom. The number of nitrogens with one attached hydrogen (secondary N) is 1. The van der Waals surface area contributed by atoms with Gasteiger partial charge in [-0.05, 0) is 20.8 Å². The van der Waals surface area contributed by atoms with Gasteiger partial charge in [0, 0.05) is 6.54 Å². The Labute approximate surface area is 77.6 Å². The molecule has 0 saturated heterocycles. The van der Waals surface area contributed by atoms with E-state index in [1.54, 1.807) is 20.8 Å². The maximum atomic E-state index is 11.0. The van der Waals surface area contributed by atoms with Crippen molar-refractivity contribution in [3.63, 3.8) is 0 Å². The normalized spacial score (nSPS) is 13.2. The zero-order valence-electron chi connectivity index (χ0n) is 8.16. The fourth-order valence-electron chi connectivity index (χ4n) is 0.563. The highest BCUT2D eigenvalue weighted by Crippen LogP contribution is 2.05. The first-order chi connectivity index (χ1) is 5.85. The van der Waals surface area contributed by atoms with Crippen molar-refractivity contribution in [2.75, 3.05) is 6.54 Å². The highest BCUT2D eigenvalue weighted by Gasteiger charge is 2.16. The molecule has 13 heavy (non-hydrogen) atoms. The van der Waals surface area contributed by atoms with E-state index >= 15 is 0 Å². The van der Waals surface area contributed by atoms with E-state index in [0.29, 0.717) is 6.29 Å². The SMILES string of the molecule is CC(C)(C)OC(=O)NC[C@H](N)C=O. The average molecular weight is 188 g/mol. The number of nitrogens with two attached hydrogens (primary N) is 1. The first-order valence-electron chi connectivity index (χ1n) is 4.03. The minimum atomic E-state index is -0.674. The second-order valence-corrected chi connectivity index (χ2v) is 3.68. The number of rotatable bonds is 3. The van der Waals surface area contributed by atoms with E-state index in [-0.39, 0.29) is 6.54 Å². The van der Waals surface area contributed by atoms with Crippen LogP contribution in [0.2, 0.25) is 0 Å². The van der Waals surface area contributed by atoms with Gasteiger partial charge >= 0.3 is 6.09 Å². The number of carbonyl (C=O) groups excluding carboxylic acids is 2. The fourth-order valence-corrected chi connectivity index (χ4v) is 0.563. The molecule has 0 aliphatic heterocycles. The summed E-state index contributed by atoms with van der Waals surface area (Å²) in [5.41, 5.74) is 4.71. The first-order valence-corrected chi connectivity index (χ1v) is 4.03. The zero-order valence-corrected chi connectivity index (χ0v) is 8.16. The molecule has 0 aromatic heterocycles. The lowest BCUT2D eigenvalue weighted by Crippen LogP contribution is -2.40. The smallest absolute Gasteiger partial charge is 0.407 e. The molecule has 0 bridgehead atoms. The summed E-state index contributed by atoms with van der Waals surface area (Å²) in [7, 11) is 0. The largest absolute Gasteiger partial charge is 0.444 e. The summed E-state index contributed by atoms with van der Waals surface area (Å²) in [5, 5.41) is 2.37. The monoisotopic (exact) mass is 188 g/mol. The van der Waals surface area contributed by atoms with Gasteiger partial charge < -0.3 is 20.6 Å². The van der Waals surface area contributed by atoms with Crippen molar-refractivity contribution in [2.24, 2.45) is 5.73 Å². The molecule has 5 heteroatoms. The summed E-state index contributed by atoms with van der Waals surface area (Å²) in [4.78, 5) is 21.1. The molecule has 5 nitrogen and oxygen atoms in total. The molecule has 0 aliphatic carbocycles. The summed E-state index contributed by atoms with van der Waals surface area (Å²) in [6.07, 6.45) is 0.00183. The van der Waals surface area contributed by atoms with Gasteiger partial charge in [0.1, 0.15) is 11.9 Å². The van der Waals surface area contributed by atoms with E-state index in [4.69, 9.17) is 10.5 Å². The van der Waals surface area contributed by atoms with Gasteiger partial charge in [-0.3, -0.25) is 0 Å². The Bertz CT molecular complexity index is 186. The number of hydrogen-bond acceptors (Lipinski definition) is 4. The molecule has 1 amide bonds. The topological polar surface area (TPSA) is 81.4 Å². The predicted molar refractivity (Wildman–Crippen MR) is 48.3 cm³/mol. The quantitative estimate of drug-likeness (QED) is 0.612. The van der Waals surface area contributed by atoms with Crippen molar-refractivity contribution in [3.05, 3.63) is 0 Å². The molecular formula is C8H16N2O3. The molecular weight excluding hydrogens is 172 g/mol. The second-order valence-electron chi connectivity index (χ2n) is 3.68. The van der Waals surface area contributed by atoms with E-state index in [1.807, 2.05) is 0 Å². The van der Waals surface area contributed by atoms with Gasteiger partial charge in [-0.1, -0.05) is 0 Å². The molecule has 0 radical (unpaired) electrons. The van der Waals surface area contributed by atoms with Crippen LogP contribution in [0.25, 0.3) is 0 Å². The molecule has 0 rings (SSSR count). The Morgan fingerprint density at radius 1 is 1.62 bits per heavy atom. The number of carbonyl (C=O) groups is 2. The molecule has 3 N–H and O–H groups in total. The second kappa shape index (κ2) is 4.81. The summed E-state index contributed by atoms with van der Waals surface area (Å²) in [5.74, 6) is 0. The van der Waals surface area contributed by atoms with E-state index in [9.17, 15) is 9.59 Å². The lowest BCUT2D eigenvalue weighted by molar-refractivity contribution is -0.108. The average Bonchev–Trinajstić information content (AvgIpc) is 1.97. The van der Waals surface area contributed by atoms with E-state index < -0.39 is 17.7 Å². The van der Waals surface area contributed by atoms with E-state index in [1.165, 1.54) is 0 Å². The van der Waals surface area contributed by atoms with Crippen molar-refractivity contribution < 1.29 is 14.3 Å². The van der Waals surface area contributed by atoms with Crippen molar-refractivity contribution >= 4 is 12.4 Å². The van der Waals surface area contributed by atoms with Gasteiger partial charge in [0.15, 0.2) is 0 Å². The molecule has 0 aromatic rings. The molecule has 1 atom stereocenters. The molecule has 0 saturated carbocycles. The molecule has 0 aromatic carbocycles. The van der Waals surface area contributed by atoms with Crippen LogP contribution in [0, 0.1) is 0 Å². The van der Waals surface area contributed by atoms with Gasteiger partial charge in [-0.25, -0.2) is 4.79 Å².